The number of carbonyl (C=O) groups excluding carboxylic acids is 1. The first-order valence-corrected chi connectivity index (χ1v) is 9.32. The highest BCUT2D eigenvalue weighted by atomic mass is 16.2. The van der Waals surface area contributed by atoms with Crippen LogP contribution in [0.3, 0.4) is 0 Å². The molecule has 5 heteroatoms. The minimum absolute atomic E-state index is 0.186. The quantitative estimate of drug-likeness (QED) is 0.800. The van der Waals surface area contributed by atoms with Gasteiger partial charge in [-0.05, 0) is 53.3 Å². The smallest absolute Gasteiger partial charge is 0.245 e. The summed E-state index contributed by atoms with van der Waals surface area (Å²) in [5.41, 5.74) is 5.57. The number of hydrogen-bond donors (Lipinski definition) is 0. The van der Waals surface area contributed by atoms with Crippen molar-refractivity contribution in [1.29, 1.82) is 0 Å². The first kappa shape index (κ1) is 18.6. The Balaban J connectivity index is 1.92. The van der Waals surface area contributed by atoms with E-state index in [2.05, 4.69) is 42.0 Å². The molecule has 1 atom stereocenters. The molecule has 140 valence electrons. The number of carbonyl (C=O) groups is 1. The summed E-state index contributed by atoms with van der Waals surface area (Å²) < 4.78 is 1.91. The monoisotopic (exact) mass is 354 g/mol. The van der Waals surface area contributed by atoms with E-state index in [1.807, 2.05) is 43.7 Å². The summed E-state index contributed by atoms with van der Waals surface area (Å²) in [6.45, 7) is 6.82. The van der Waals surface area contributed by atoms with E-state index >= 15 is 0 Å². The molecular formula is C21H30N4O. The fourth-order valence-electron chi connectivity index (χ4n) is 3.65. The van der Waals surface area contributed by atoms with Gasteiger partial charge in [0.15, 0.2) is 0 Å². The number of likely N-dealkylation sites (N-methyl/N-ethyl adjacent to an activating group) is 1. The van der Waals surface area contributed by atoms with Crippen molar-refractivity contribution < 1.29 is 4.79 Å². The van der Waals surface area contributed by atoms with Gasteiger partial charge in [-0.15, -0.1) is 0 Å². The number of aromatic nitrogens is 2. The van der Waals surface area contributed by atoms with Gasteiger partial charge < -0.3 is 4.90 Å². The Morgan fingerprint density at radius 2 is 1.96 bits per heavy atom. The average Bonchev–Trinajstić information content (AvgIpc) is 3.36. The zero-order valence-electron chi connectivity index (χ0n) is 16.8. The summed E-state index contributed by atoms with van der Waals surface area (Å²) in [5, 5.41) is 4.52. The topological polar surface area (TPSA) is 41.4 Å². The highest BCUT2D eigenvalue weighted by molar-refractivity contribution is 5.84. The molecule has 0 spiro atoms. The Kier molecular flexibility index (Phi) is 5.19. The summed E-state index contributed by atoms with van der Waals surface area (Å²) in [6, 6.07) is 8.38. The fraction of sp³-hybridized carbons (Fsp3) is 0.524. The van der Waals surface area contributed by atoms with E-state index < -0.39 is 0 Å². The van der Waals surface area contributed by atoms with Crippen LogP contribution in [0.4, 0.5) is 0 Å². The highest BCUT2D eigenvalue weighted by Gasteiger charge is 2.38. The maximum absolute atomic E-state index is 13.6. The molecule has 26 heavy (non-hydrogen) atoms. The molecule has 2 aromatic rings. The van der Waals surface area contributed by atoms with Crippen molar-refractivity contribution in [3.63, 3.8) is 0 Å². The van der Waals surface area contributed by atoms with Gasteiger partial charge in [-0.2, -0.15) is 5.10 Å². The molecule has 1 aromatic carbocycles. The Morgan fingerprint density at radius 1 is 1.27 bits per heavy atom. The standard InChI is InChI=1S/C21H30N4O/c1-14-8-7-9-17(12-14)20(23(4)5)21(26)25(18-10-11-18)13-19-15(2)22-24(6)16(19)3/h7-9,12,18,20H,10-11,13H2,1-6H3/t20-/m1/s1. The van der Waals surface area contributed by atoms with Gasteiger partial charge in [-0.3, -0.25) is 14.4 Å². The van der Waals surface area contributed by atoms with Crippen LogP contribution in [0.15, 0.2) is 24.3 Å². The highest BCUT2D eigenvalue weighted by Crippen LogP contribution is 2.33. The van der Waals surface area contributed by atoms with E-state index in [1.54, 1.807) is 0 Å². The lowest BCUT2D eigenvalue weighted by Gasteiger charge is -2.31. The van der Waals surface area contributed by atoms with Crippen molar-refractivity contribution in [2.24, 2.45) is 7.05 Å². The van der Waals surface area contributed by atoms with Crippen LogP contribution < -0.4 is 0 Å². The second kappa shape index (κ2) is 7.23. The Labute approximate surface area is 156 Å². The zero-order valence-corrected chi connectivity index (χ0v) is 16.8. The number of hydrogen-bond acceptors (Lipinski definition) is 3. The van der Waals surface area contributed by atoms with Crippen LogP contribution in [-0.4, -0.2) is 45.6 Å². The normalized spacial score (nSPS) is 15.3. The van der Waals surface area contributed by atoms with Crippen molar-refractivity contribution in [1.82, 2.24) is 19.6 Å². The maximum atomic E-state index is 13.6. The lowest BCUT2D eigenvalue weighted by Crippen LogP contribution is -2.41. The Bertz CT molecular complexity index is 804. The second-order valence-corrected chi connectivity index (χ2v) is 7.75. The molecule has 0 radical (unpaired) electrons. The third-order valence-corrected chi connectivity index (χ3v) is 5.37. The van der Waals surface area contributed by atoms with E-state index in [0.717, 1.165) is 29.8 Å². The molecule has 1 aliphatic rings. The van der Waals surface area contributed by atoms with Gasteiger partial charge in [-0.1, -0.05) is 29.8 Å². The van der Waals surface area contributed by atoms with Crippen LogP contribution in [0, 0.1) is 20.8 Å². The largest absolute Gasteiger partial charge is 0.334 e. The molecule has 0 saturated heterocycles. The predicted octanol–water partition coefficient (Wildman–Crippen LogP) is 3.14. The summed E-state index contributed by atoms with van der Waals surface area (Å²) >= 11 is 0. The lowest BCUT2D eigenvalue weighted by atomic mass is 10.0. The number of nitrogens with zero attached hydrogens (tertiary/aromatic N) is 4. The van der Waals surface area contributed by atoms with Gasteiger partial charge in [0.05, 0.1) is 5.69 Å². The van der Waals surface area contributed by atoms with Gasteiger partial charge in [0, 0.05) is 30.9 Å². The number of amides is 1. The lowest BCUT2D eigenvalue weighted by molar-refractivity contribution is -0.137. The van der Waals surface area contributed by atoms with E-state index in [1.165, 1.54) is 11.1 Å². The van der Waals surface area contributed by atoms with Crippen LogP contribution in [-0.2, 0) is 18.4 Å². The molecule has 1 saturated carbocycles. The van der Waals surface area contributed by atoms with Crippen molar-refractivity contribution in [2.75, 3.05) is 14.1 Å². The van der Waals surface area contributed by atoms with Crippen LogP contribution in [0.1, 0.15) is 47.0 Å². The zero-order chi connectivity index (χ0) is 19.0. The van der Waals surface area contributed by atoms with E-state index in [0.29, 0.717) is 12.6 Å². The van der Waals surface area contributed by atoms with Crippen LogP contribution >= 0.6 is 0 Å². The molecule has 0 aliphatic heterocycles. The molecule has 1 fully saturated rings. The summed E-state index contributed by atoms with van der Waals surface area (Å²) in [7, 11) is 5.93. The van der Waals surface area contributed by atoms with Crippen LogP contribution in [0.2, 0.25) is 0 Å². The molecule has 0 N–H and O–H groups in total. The van der Waals surface area contributed by atoms with Gasteiger partial charge in [-0.25, -0.2) is 0 Å². The molecule has 1 aliphatic carbocycles. The molecule has 0 unspecified atom stereocenters. The van der Waals surface area contributed by atoms with Crippen molar-refractivity contribution >= 4 is 5.91 Å². The minimum Gasteiger partial charge on any atom is -0.334 e. The SMILES string of the molecule is Cc1cccc([C@H](C(=O)N(Cc2c(C)nn(C)c2C)C2CC2)N(C)C)c1. The van der Waals surface area contributed by atoms with Crippen molar-refractivity contribution in [2.45, 2.75) is 52.2 Å². The van der Waals surface area contributed by atoms with E-state index in [9.17, 15) is 4.79 Å². The molecule has 5 nitrogen and oxygen atoms in total. The fourth-order valence-corrected chi connectivity index (χ4v) is 3.65. The summed E-state index contributed by atoms with van der Waals surface area (Å²) in [4.78, 5) is 17.7. The Morgan fingerprint density at radius 3 is 2.46 bits per heavy atom. The first-order chi connectivity index (χ1) is 12.3. The van der Waals surface area contributed by atoms with Crippen LogP contribution in [0.5, 0.6) is 0 Å². The molecule has 1 heterocycles. The third kappa shape index (κ3) is 3.68. The minimum atomic E-state index is -0.257. The van der Waals surface area contributed by atoms with Crippen molar-refractivity contribution in [3.05, 3.63) is 52.3 Å². The summed E-state index contributed by atoms with van der Waals surface area (Å²) in [5.74, 6) is 0.186. The molecule has 1 amide bonds. The van der Waals surface area contributed by atoms with Crippen LogP contribution in [0.25, 0.3) is 0 Å². The Hall–Kier alpha value is -2.14. The maximum Gasteiger partial charge on any atom is 0.245 e. The number of aryl methyl sites for hydroxylation is 3. The molecular weight excluding hydrogens is 324 g/mol. The molecule has 1 aromatic heterocycles. The second-order valence-electron chi connectivity index (χ2n) is 7.75. The van der Waals surface area contributed by atoms with Gasteiger partial charge in [0.2, 0.25) is 5.91 Å². The van der Waals surface area contributed by atoms with Gasteiger partial charge in [0.1, 0.15) is 6.04 Å². The van der Waals surface area contributed by atoms with Gasteiger partial charge >= 0.3 is 0 Å². The number of benzene rings is 1. The third-order valence-electron chi connectivity index (χ3n) is 5.37. The molecule has 3 rings (SSSR count). The van der Waals surface area contributed by atoms with Gasteiger partial charge in [0.25, 0.3) is 0 Å². The average molecular weight is 354 g/mol. The summed E-state index contributed by atoms with van der Waals surface area (Å²) in [6.07, 6.45) is 2.19. The molecule has 0 bridgehead atoms. The number of rotatable bonds is 6. The predicted molar refractivity (Wildman–Crippen MR) is 104 cm³/mol. The van der Waals surface area contributed by atoms with E-state index in [4.69, 9.17) is 0 Å². The van der Waals surface area contributed by atoms with Crippen molar-refractivity contribution in [3.8, 4) is 0 Å². The van der Waals surface area contributed by atoms with E-state index in [-0.39, 0.29) is 11.9 Å². The first-order valence-electron chi connectivity index (χ1n) is 9.32.